The van der Waals surface area contributed by atoms with Gasteiger partial charge in [-0.1, -0.05) is 62.4 Å². The van der Waals surface area contributed by atoms with E-state index < -0.39 is 119 Å². The Balaban J connectivity index is 1.48. The van der Waals surface area contributed by atoms with Crippen LogP contribution in [0.15, 0.2) is 71.8 Å². The normalized spacial score (nSPS) is 33.3. The summed E-state index contributed by atoms with van der Waals surface area (Å²) in [7, 11) is 0. The lowest BCUT2D eigenvalue weighted by Crippen LogP contribution is -2.81. The van der Waals surface area contributed by atoms with Gasteiger partial charge in [-0.3, -0.25) is 9.59 Å². The number of Topliss-reactive ketones (excluding diaryl/α,β-unsaturated/α-hetero) is 1. The van der Waals surface area contributed by atoms with Crippen LogP contribution in [0.3, 0.4) is 0 Å². The molecular weight excluding hydrogens is 770 g/mol. The van der Waals surface area contributed by atoms with Crippen molar-refractivity contribution in [1.29, 1.82) is 0 Å². The first-order valence-electron chi connectivity index (χ1n) is 19.5. The van der Waals surface area contributed by atoms with Gasteiger partial charge in [0.15, 0.2) is 17.5 Å². The number of hydrogen-bond acceptors (Lipinski definition) is 15. The maximum absolute atomic E-state index is 15.0. The minimum atomic E-state index is -2.38. The summed E-state index contributed by atoms with van der Waals surface area (Å²) in [6, 6.07) is 14.3. The zero-order valence-corrected chi connectivity index (χ0v) is 34.0. The van der Waals surface area contributed by atoms with E-state index in [4.69, 9.17) is 23.7 Å². The van der Waals surface area contributed by atoms with E-state index in [1.165, 1.54) is 65.8 Å². The van der Waals surface area contributed by atoms with Crippen LogP contribution < -0.4 is 5.32 Å². The lowest BCUT2D eigenvalue weighted by molar-refractivity contribution is -0.346. The molecule has 6 rings (SSSR count). The molecule has 320 valence electrons. The molecule has 16 heteroatoms. The molecule has 1 aliphatic heterocycles. The second-order valence-corrected chi connectivity index (χ2v) is 17.4. The Morgan fingerprint density at radius 2 is 1.59 bits per heavy atom. The zero-order valence-electron chi connectivity index (χ0n) is 34.0. The van der Waals surface area contributed by atoms with E-state index in [-0.39, 0.29) is 35.3 Å². The van der Waals surface area contributed by atoms with Crippen LogP contribution in [-0.4, -0.2) is 122 Å². The maximum Gasteiger partial charge on any atom is 0.408 e. The number of benzene rings is 2. The van der Waals surface area contributed by atoms with Crippen LogP contribution in [0.5, 0.6) is 0 Å². The topological polar surface area (TPSA) is 245 Å². The lowest BCUT2D eigenvalue weighted by Gasteiger charge is -2.67. The molecule has 11 atom stereocenters. The number of carbonyl (C=O) groups excluding carboxylic acids is 5. The van der Waals surface area contributed by atoms with Gasteiger partial charge in [-0.2, -0.15) is 0 Å². The van der Waals surface area contributed by atoms with Crippen molar-refractivity contribution in [1.82, 2.24) is 5.32 Å². The number of amides is 1. The van der Waals surface area contributed by atoms with Crippen LogP contribution in [0.4, 0.5) is 4.79 Å². The second-order valence-electron chi connectivity index (χ2n) is 17.4. The summed E-state index contributed by atoms with van der Waals surface area (Å²) in [5.74, 6) is -5.47. The van der Waals surface area contributed by atoms with Crippen molar-refractivity contribution >= 4 is 29.8 Å². The number of rotatable bonds is 10. The highest BCUT2D eigenvalue weighted by molar-refractivity contribution is 5.94. The van der Waals surface area contributed by atoms with Gasteiger partial charge in [-0.25, -0.2) is 14.4 Å². The number of alkyl carbamates (subject to hydrolysis) is 1. The Hall–Kier alpha value is -4.71. The van der Waals surface area contributed by atoms with E-state index in [1.54, 1.807) is 36.4 Å². The van der Waals surface area contributed by atoms with E-state index in [2.05, 4.69) is 5.32 Å². The van der Waals surface area contributed by atoms with Gasteiger partial charge in [0.05, 0.1) is 42.3 Å². The number of fused-ring (bicyclic) bond motifs is 5. The SMILES string of the molecule is CC(=O)O[C@@]12CO[C@@H]1C[C@H](O)[C@@]1(C)C(=O)[C@H](O)C3=C(C)[C@@H](OC(=O)[C@H](O)C(NC(=O)OC(C)(C)CO)c4ccccc4)CC(O)([C@@H](OC(=O)c4ccccc4)[C@H]21)C3(C)C. The fourth-order valence-electron chi connectivity index (χ4n) is 9.56. The highest BCUT2D eigenvalue weighted by atomic mass is 16.6. The molecule has 16 nitrogen and oxygen atoms in total. The van der Waals surface area contributed by atoms with Gasteiger partial charge in [0.1, 0.15) is 35.6 Å². The van der Waals surface area contributed by atoms with Gasteiger partial charge in [0.25, 0.3) is 0 Å². The molecule has 1 saturated heterocycles. The number of esters is 3. The highest BCUT2D eigenvalue weighted by Gasteiger charge is 2.78. The number of carbonyl (C=O) groups is 5. The summed E-state index contributed by atoms with van der Waals surface area (Å²) in [4.78, 5) is 69.0. The molecule has 1 amide bonds. The van der Waals surface area contributed by atoms with E-state index in [9.17, 15) is 49.5 Å². The van der Waals surface area contributed by atoms with Crippen molar-refractivity contribution in [2.24, 2.45) is 16.7 Å². The van der Waals surface area contributed by atoms with Gasteiger partial charge >= 0.3 is 24.0 Å². The van der Waals surface area contributed by atoms with Crippen LogP contribution >= 0.6 is 0 Å². The minimum absolute atomic E-state index is 0.0672. The Morgan fingerprint density at radius 3 is 2.15 bits per heavy atom. The Bertz CT molecular complexity index is 2000. The summed E-state index contributed by atoms with van der Waals surface area (Å²) in [5, 5.41) is 61.1. The van der Waals surface area contributed by atoms with Gasteiger partial charge in [-0.15, -0.1) is 0 Å². The predicted molar refractivity (Wildman–Crippen MR) is 205 cm³/mol. The smallest absolute Gasteiger partial charge is 0.408 e. The minimum Gasteiger partial charge on any atom is -0.456 e. The van der Waals surface area contributed by atoms with Crippen molar-refractivity contribution in [3.8, 4) is 0 Å². The van der Waals surface area contributed by atoms with Crippen molar-refractivity contribution in [3.05, 3.63) is 82.9 Å². The largest absolute Gasteiger partial charge is 0.456 e. The third kappa shape index (κ3) is 7.33. The van der Waals surface area contributed by atoms with Crippen LogP contribution in [0, 0.1) is 16.7 Å². The van der Waals surface area contributed by atoms with Gasteiger partial charge in [0.2, 0.25) is 0 Å². The molecule has 2 bridgehead atoms. The van der Waals surface area contributed by atoms with E-state index in [0.717, 1.165) is 6.92 Å². The monoisotopic (exact) mass is 823 g/mol. The van der Waals surface area contributed by atoms with Crippen molar-refractivity contribution in [3.63, 3.8) is 0 Å². The standard InChI is InChI=1S/C43H53NO15/c1-22-26(56-37(52)32(49)30(24-14-10-8-11-15-24)44-38(53)59-39(3,4)20-45)19-43(54)35(57-36(51)25-16-12-9-13-17-25)33-41(7,34(50)31(48)29(22)40(43,5)6)27(47)18-28-42(33,21-55-28)58-23(2)46/h8-17,26-28,30-33,35,45,47-49,54H,18-21H2,1-7H3,(H,44,53)/t26-,27-,28+,30?,31+,32+,33-,35-,41+,42-,43?/m0/s1. The molecule has 2 aromatic carbocycles. The van der Waals surface area contributed by atoms with Crippen molar-refractivity contribution in [2.75, 3.05) is 13.2 Å². The first-order chi connectivity index (χ1) is 27.6. The summed E-state index contributed by atoms with van der Waals surface area (Å²) in [6.07, 6.45) is -11.8. The molecule has 1 heterocycles. The molecule has 2 aromatic rings. The first kappa shape index (κ1) is 43.9. The Labute approximate surface area is 341 Å². The van der Waals surface area contributed by atoms with Gasteiger partial charge < -0.3 is 54.5 Å². The van der Waals surface area contributed by atoms with Crippen LogP contribution in [-0.2, 0) is 38.1 Å². The number of aliphatic hydroxyl groups excluding tert-OH is 4. The second kappa shape index (κ2) is 15.7. The molecule has 3 aliphatic carbocycles. The van der Waals surface area contributed by atoms with Crippen molar-refractivity contribution < 1.29 is 73.2 Å². The lowest BCUT2D eigenvalue weighted by atomic mass is 9.44. The van der Waals surface area contributed by atoms with Crippen LogP contribution in [0.2, 0.25) is 0 Å². The number of hydrogen-bond donors (Lipinski definition) is 6. The third-order valence-electron chi connectivity index (χ3n) is 12.9. The number of ether oxygens (including phenoxy) is 5. The molecule has 59 heavy (non-hydrogen) atoms. The zero-order chi connectivity index (χ0) is 43.5. The fourth-order valence-corrected chi connectivity index (χ4v) is 9.56. The number of aliphatic hydroxyl groups is 5. The molecule has 0 radical (unpaired) electrons. The molecular formula is C43H53NO15. The maximum atomic E-state index is 15.0. The summed E-state index contributed by atoms with van der Waals surface area (Å²) in [5.41, 5.74) is -8.74. The van der Waals surface area contributed by atoms with Gasteiger partial charge in [0, 0.05) is 25.2 Å². The first-order valence-corrected chi connectivity index (χ1v) is 19.5. The van der Waals surface area contributed by atoms with E-state index in [1.807, 2.05) is 0 Å². The summed E-state index contributed by atoms with van der Waals surface area (Å²) in [6.45, 7) is 9.14. The summed E-state index contributed by atoms with van der Waals surface area (Å²) >= 11 is 0. The molecule has 0 spiro atoms. The van der Waals surface area contributed by atoms with E-state index in [0.29, 0.717) is 0 Å². The van der Waals surface area contributed by atoms with Gasteiger partial charge in [-0.05, 0) is 56.5 Å². The molecule has 4 aliphatic rings. The van der Waals surface area contributed by atoms with Crippen LogP contribution in [0.25, 0.3) is 0 Å². The number of ketones is 1. The molecule has 2 saturated carbocycles. The van der Waals surface area contributed by atoms with Crippen LogP contribution in [0.1, 0.15) is 83.3 Å². The van der Waals surface area contributed by atoms with Crippen molar-refractivity contribution in [2.45, 2.75) is 121 Å². The Kier molecular flexibility index (Phi) is 11.7. The Morgan fingerprint density at radius 1 is 0.983 bits per heavy atom. The van der Waals surface area contributed by atoms with E-state index >= 15 is 0 Å². The molecule has 2 unspecified atom stereocenters. The quantitative estimate of drug-likeness (QED) is 0.114. The molecule has 6 N–H and O–H groups in total. The molecule has 0 aromatic heterocycles. The third-order valence-corrected chi connectivity index (χ3v) is 12.9. The molecule has 3 fully saturated rings. The summed E-state index contributed by atoms with van der Waals surface area (Å²) < 4.78 is 29.4. The number of nitrogens with one attached hydrogen (secondary N) is 1. The average molecular weight is 824 g/mol. The highest BCUT2D eigenvalue weighted by Crippen LogP contribution is 2.64. The fraction of sp³-hybridized carbons (Fsp3) is 0.558. The predicted octanol–water partition coefficient (Wildman–Crippen LogP) is 2.23. The average Bonchev–Trinajstić information content (AvgIpc) is 3.18.